The van der Waals surface area contributed by atoms with Crippen LogP contribution in [0.25, 0.3) is 0 Å². The zero-order valence-electron chi connectivity index (χ0n) is 17.0. The number of halogens is 1. The van der Waals surface area contributed by atoms with Gasteiger partial charge in [-0.25, -0.2) is 9.37 Å². The largest absolute Gasteiger partial charge is 0.337 e. The molecule has 31 heavy (non-hydrogen) atoms. The Morgan fingerprint density at radius 2 is 1.87 bits per heavy atom. The number of benzene rings is 1. The van der Waals surface area contributed by atoms with Gasteiger partial charge in [-0.3, -0.25) is 9.59 Å². The summed E-state index contributed by atoms with van der Waals surface area (Å²) in [4.78, 5) is 31.8. The van der Waals surface area contributed by atoms with Gasteiger partial charge in [0.15, 0.2) is 0 Å². The molecule has 1 N–H and O–H groups in total. The fourth-order valence-electron chi connectivity index (χ4n) is 4.44. The molecule has 2 atom stereocenters. The second kappa shape index (κ2) is 7.57. The maximum Gasteiger partial charge on any atom is 0.293 e. The summed E-state index contributed by atoms with van der Waals surface area (Å²) in [6.45, 7) is 3.66. The summed E-state index contributed by atoms with van der Waals surface area (Å²) < 4.78 is 15.2. The van der Waals surface area contributed by atoms with Crippen LogP contribution in [-0.2, 0) is 13.0 Å². The number of hydrogen-bond acceptors (Lipinski definition) is 5. The van der Waals surface area contributed by atoms with E-state index in [4.69, 9.17) is 0 Å². The lowest BCUT2D eigenvalue weighted by Gasteiger charge is -2.25. The first-order chi connectivity index (χ1) is 15.0. The normalized spacial score (nSPS) is 19.6. The molecule has 1 aromatic carbocycles. The molecule has 8 nitrogen and oxygen atoms in total. The van der Waals surface area contributed by atoms with E-state index in [9.17, 15) is 14.0 Å². The molecule has 9 heteroatoms. The Labute approximate surface area is 178 Å². The lowest BCUT2D eigenvalue weighted by molar-refractivity contribution is 0.0777. The highest BCUT2D eigenvalue weighted by Gasteiger charge is 2.41. The van der Waals surface area contributed by atoms with E-state index in [1.165, 1.54) is 18.2 Å². The smallest absolute Gasteiger partial charge is 0.293 e. The molecule has 4 heterocycles. The minimum absolute atomic E-state index is 0.0714. The summed E-state index contributed by atoms with van der Waals surface area (Å²) in [6, 6.07) is 11.1. The molecule has 0 radical (unpaired) electrons. The van der Waals surface area contributed by atoms with Gasteiger partial charge in [0, 0.05) is 37.4 Å². The van der Waals surface area contributed by atoms with Crippen LogP contribution >= 0.6 is 0 Å². The number of carbonyl (C=O) groups is 2. The SMILES string of the molecule is Cc1cccc(C(=O)N2C[C@H]3Cc4nnc(C(=O)Nc5cccc(F)c5)n4C[C@@H]3C2)n1. The molecule has 0 bridgehead atoms. The van der Waals surface area contributed by atoms with Crippen molar-refractivity contribution in [1.82, 2.24) is 24.6 Å². The Hall–Kier alpha value is -3.62. The van der Waals surface area contributed by atoms with Crippen LogP contribution in [0.5, 0.6) is 0 Å². The van der Waals surface area contributed by atoms with E-state index >= 15 is 0 Å². The number of aryl methyl sites for hydroxylation is 1. The second-order valence-corrected chi connectivity index (χ2v) is 8.11. The van der Waals surface area contributed by atoms with Crippen molar-refractivity contribution in [2.45, 2.75) is 19.9 Å². The van der Waals surface area contributed by atoms with E-state index in [2.05, 4.69) is 20.5 Å². The number of anilines is 1. The predicted molar refractivity (Wildman–Crippen MR) is 110 cm³/mol. The van der Waals surface area contributed by atoms with Gasteiger partial charge in [-0.05, 0) is 49.1 Å². The lowest BCUT2D eigenvalue weighted by Crippen LogP contribution is -2.31. The molecule has 158 valence electrons. The summed E-state index contributed by atoms with van der Waals surface area (Å²) in [5, 5.41) is 10.9. The number of hydrogen-bond donors (Lipinski definition) is 1. The van der Waals surface area contributed by atoms with E-state index < -0.39 is 11.7 Å². The average Bonchev–Trinajstić information content (AvgIpc) is 3.34. The highest BCUT2D eigenvalue weighted by Crippen LogP contribution is 2.33. The van der Waals surface area contributed by atoms with Gasteiger partial charge in [0.1, 0.15) is 17.3 Å². The van der Waals surface area contributed by atoms with Crippen LogP contribution in [0.4, 0.5) is 10.1 Å². The number of rotatable bonds is 3. The molecule has 0 spiro atoms. The van der Waals surface area contributed by atoms with Gasteiger partial charge in [-0.1, -0.05) is 12.1 Å². The van der Waals surface area contributed by atoms with Gasteiger partial charge in [0.2, 0.25) is 5.82 Å². The van der Waals surface area contributed by atoms with Crippen molar-refractivity contribution in [3.63, 3.8) is 0 Å². The van der Waals surface area contributed by atoms with Crippen molar-refractivity contribution in [3.8, 4) is 0 Å². The Balaban J connectivity index is 1.31. The average molecular weight is 420 g/mol. The molecule has 5 rings (SSSR count). The summed E-state index contributed by atoms with van der Waals surface area (Å²) in [5.41, 5.74) is 1.62. The minimum atomic E-state index is -0.433. The number of fused-ring (bicyclic) bond motifs is 2. The number of aromatic nitrogens is 4. The van der Waals surface area contributed by atoms with Crippen LogP contribution in [0.2, 0.25) is 0 Å². The lowest BCUT2D eigenvalue weighted by atomic mass is 9.89. The molecule has 1 saturated heterocycles. The molecular formula is C22H21FN6O2. The summed E-state index contributed by atoms with van der Waals surface area (Å²) in [6.07, 6.45) is 0.649. The number of nitrogens with zero attached hydrogens (tertiary/aromatic N) is 5. The molecule has 0 saturated carbocycles. The number of carbonyl (C=O) groups excluding carboxylic acids is 2. The van der Waals surface area contributed by atoms with Crippen LogP contribution in [0.1, 0.15) is 32.6 Å². The second-order valence-electron chi connectivity index (χ2n) is 8.11. The van der Waals surface area contributed by atoms with Crippen molar-refractivity contribution < 1.29 is 14.0 Å². The fraction of sp³-hybridized carbons (Fsp3) is 0.318. The number of likely N-dealkylation sites (tertiary alicyclic amines) is 1. The third-order valence-corrected chi connectivity index (χ3v) is 5.95. The van der Waals surface area contributed by atoms with E-state index in [0.717, 1.165) is 11.5 Å². The van der Waals surface area contributed by atoms with Crippen molar-refractivity contribution in [1.29, 1.82) is 0 Å². The molecule has 0 unspecified atom stereocenters. The van der Waals surface area contributed by atoms with Gasteiger partial charge in [0.05, 0.1) is 0 Å². The van der Waals surface area contributed by atoms with Crippen LogP contribution < -0.4 is 5.32 Å². The third kappa shape index (κ3) is 3.67. The first-order valence-electron chi connectivity index (χ1n) is 10.2. The van der Waals surface area contributed by atoms with Crippen LogP contribution in [0.3, 0.4) is 0 Å². The van der Waals surface area contributed by atoms with Gasteiger partial charge in [-0.15, -0.1) is 10.2 Å². The summed E-state index contributed by atoms with van der Waals surface area (Å²) in [7, 11) is 0. The van der Waals surface area contributed by atoms with Gasteiger partial charge in [-0.2, -0.15) is 0 Å². The standard InChI is InChI=1S/C22H21FN6O2/c1-13-4-2-7-18(24-13)22(31)28-10-14-8-19-26-27-20(29(19)12-15(14)11-28)21(30)25-17-6-3-5-16(23)9-17/h2-7,9,14-15H,8,10-12H2,1H3,(H,25,30)/t14-,15+/m1/s1. The van der Waals surface area contributed by atoms with E-state index in [0.29, 0.717) is 37.4 Å². The predicted octanol–water partition coefficient (Wildman–Crippen LogP) is 2.32. The molecule has 2 aromatic heterocycles. The van der Waals surface area contributed by atoms with E-state index in [1.807, 2.05) is 28.5 Å². The number of amides is 2. The van der Waals surface area contributed by atoms with E-state index in [1.54, 1.807) is 12.1 Å². The van der Waals surface area contributed by atoms with Gasteiger partial charge < -0.3 is 14.8 Å². The first-order valence-corrected chi connectivity index (χ1v) is 10.2. The summed E-state index contributed by atoms with van der Waals surface area (Å²) in [5.74, 6) is 0.470. The monoisotopic (exact) mass is 420 g/mol. The van der Waals surface area contributed by atoms with Crippen LogP contribution in [-0.4, -0.2) is 49.6 Å². The minimum Gasteiger partial charge on any atom is -0.337 e. The molecular weight excluding hydrogens is 399 g/mol. The maximum atomic E-state index is 13.4. The topological polar surface area (TPSA) is 93.0 Å². The maximum absolute atomic E-state index is 13.4. The molecule has 1 fully saturated rings. The molecule has 2 aliphatic rings. The molecule has 3 aromatic rings. The van der Waals surface area contributed by atoms with Crippen molar-refractivity contribution >= 4 is 17.5 Å². The van der Waals surface area contributed by atoms with Crippen molar-refractivity contribution in [3.05, 3.63) is 71.3 Å². The number of nitrogens with one attached hydrogen (secondary N) is 1. The molecule has 0 aliphatic carbocycles. The van der Waals surface area contributed by atoms with E-state index in [-0.39, 0.29) is 23.6 Å². The Morgan fingerprint density at radius 3 is 2.68 bits per heavy atom. The van der Waals surface area contributed by atoms with Crippen LogP contribution in [0.15, 0.2) is 42.5 Å². The molecule has 2 amide bonds. The Morgan fingerprint density at radius 1 is 1.06 bits per heavy atom. The Bertz CT molecular complexity index is 1180. The summed E-state index contributed by atoms with van der Waals surface area (Å²) >= 11 is 0. The zero-order valence-corrected chi connectivity index (χ0v) is 17.0. The quantitative estimate of drug-likeness (QED) is 0.702. The first kappa shape index (κ1) is 19.3. The zero-order chi connectivity index (χ0) is 21.5. The highest BCUT2D eigenvalue weighted by molar-refractivity contribution is 6.01. The van der Waals surface area contributed by atoms with Gasteiger partial charge in [0.25, 0.3) is 11.8 Å². The van der Waals surface area contributed by atoms with Crippen molar-refractivity contribution in [2.75, 3.05) is 18.4 Å². The third-order valence-electron chi connectivity index (χ3n) is 5.95. The highest BCUT2D eigenvalue weighted by atomic mass is 19.1. The molecule has 2 aliphatic heterocycles. The van der Waals surface area contributed by atoms with Gasteiger partial charge >= 0.3 is 0 Å². The van der Waals surface area contributed by atoms with Crippen molar-refractivity contribution in [2.24, 2.45) is 11.8 Å². The number of pyridine rings is 1. The fourth-order valence-corrected chi connectivity index (χ4v) is 4.44. The van der Waals surface area contributed by atoms with Crippen LogP contribution in [0, 0.1) is 24.6 Å². The Kier molecular flexibility index (Phi) is 4.72.